The predicted molar refractivity (Wildman–Crippen MR) is 60.0 cm³/mol. The molecule has 0 aromatic rings. The van der Waals surface area contributed by atoms with Crippen LogP contribution in [0.3, 0.4) is 0 Å². The van der Waals surface area contributed by atoms with Crippen LogP contribution in [0.25, 0.3) is 0 Å². The molecule has 0 spiro atoms. The van der Waals surface area contributed by atoms with E-state index in [0.29, 0.717) is 12.8 Å². The van der Waals surface area contributed by atoms with Crippen LogP contribution in [-0.4, -0.2) is 45.0 Å². The van der Waals surface area contributed by atoms with Crippen molar-refractivity contribution in [3.8, 4) is 0 Å². The number of carbonyl (C=O) groups excluding carboxylic acids is 1. The van der Waals surface area contributed by atoms with Gasteiger partial charge in [-0.15, -0.1) is 0 Å². The number of nitrogens with zero attached hydrogens (tertiary/aromatic N) is 1. The first kappa shape index (κ1) is 13.4. The third-order valence-corrected chi connectivity index (χ3v) is 3.15. The molecule has 1 aliphatic rings. The van der Waals surface area contributed by atoms with Crippen LogP contribution in [-0.2, 0) is 4.79 Å². The molecule has 5 nitrogen and oxygen atoms in total. The zero-order chi connectivity index (χ0) is 12.6. The third-order valence-electron chi connectivity index (χ3n) is 3.15. The van der Waals surface area contributed by atoms with Gasteiger partial charge in [-0.3, -0.25) is 4.79 Å². The largest absolute Gasteiger partial charge is 0.387 e. The lowest BCUT2D eigenvalue weighted by atomic mass is 9.79. The van der Waals surface area contributed by atoms with E-state index >= 15 is 0 Å². The van der Waals surface area contributed by atoms with Gasteiger partial charge in [0.15, 0.2) is 0 Å². The molecular formula is C11H22N2O3. The summed E-state index contributed by atoms with van der Waals surface area (Å²) in [4.78, 5) is 11.1. The van der Waals surface area contributed by atoms with Crippen molar-refractivity contribution >= 4 is 5.91 Å². The van der Waals surface area contributed by atoms with Crippen molar-refractivity contribution < 1.29 is 15.1 Å². The number of amides is 1. The van der Waals surface area contributed by atoms with E-state index < -0.39 is 6.61 Å². The molecule has 1 heterocycles. The van der Waals surface area contributed by atoms with Gasteiger partial charge in [-0.2, -0.15) is 5.06 Å². The number of rotatable bonds is 2. The Labute approximate surface area is 96.4 Å². The first-order valence-electron chi connectivity index (χ1n) is 5.58. The van der Waals surface area contributed by atoms with Crippen LogP contribution >= 0.6 is 0 Å². The van der Waals surface area contributed by atoms with E-state index in [0.717, 1.165) is 0 Å². The molecule has 1 amide bonds. The van der Waals surface area contributed by atoms with E-state index in [9.17, 15) is 10.0 Å². The Morgan fingerprint density at radius 3 is 2.12 bits per heavy atom. The SMILES string of the molecule is CC1(C)CC(NC(=O)CO)CC(C)(C)N1O. The highest BCUT2D eigenvalue weighted by Gasteiger charge is 2.45. The maximum absolute atomic E-state index is 11.1. The zero-order valence-electron chi connectivity index (χ0n) is 10.4. The standard InChI is InChI=1S/C11H22N2O3/c1-10(2)5-8(12-9(15)7-14)6-11(3,4)13(10)16/h8,14,16H,5-7H2,1-4H3,(H,12,15). The molecule has 0 aromatic heterocycles. The van der Waals surface area contributed by atoms with Crippen LogP contribution in [0.1, 0.15) is 40.5 Å². The van der Waals surface area contributed by atoms with Gasteiger partial charge in [0.25, 0.3) is 0 Å². The molecule has 1 aliphatic heterocycles. The Hall–Kier alpha value is -0.650. The van der Waals surface area contributed by atoms with Crippen molar-refractivity contribution in [1.82, 2.24) is 10.4 Å². The number of piperidine rings is 1. The summed E-state index contributed by atoms with van der Waals surface area (Å²) in [6.45, 7) is 7.26. The van der Waals surface area contributed by atoms with Gasteiger partial charge < -0.3 is 15.6 Å². The molecule has 0 saturated carbocycles. The first-order valence-corrected chi connectivity index (χ1v) is 5.58. The van der Waals surface area contributed by atoms with Crippen LogP contribution in [0, 0.1) is 0 Å². The molecule has 16 heavy (non-hydrogen) atoms. The Morgan fingerprint density at radius 1 is 1.31 bits per heavy atom. The molecule has 0 unspecified atom stereocenters. The van der Waals surface area contributed by atoms with Crippen LogP contribution in [0.15, 0.2) is 0 Å². The van der Waals surface area contributed by atoms with Crippen molar-refractivity contribution in [2.75, 3.05) is 6.61 Å². The summed E-state index contributed by atoms with van der Waals surface area (Å²) in [5.41, 5.74) is -0.760. The molecule has 5 heteroatoms. The van der Waals surface area contributed by atoms with Gasteiger partial charge in [0.1, 0.15) is 6.61 Å². The minimum absolute atomic E-state index is 0.00644. The fraction of sp³-hybridized carbons (Fsp3) is 0.909. The summed E-state index contributed by atoms with van der Waals surface area (Å²) in [5, 5.41) is 22.9. The molecule has 0 radical (unpaired) electrons. The molecule has 0 atom stereocenters. The van der Waals surface area contributed by atoms with Crippen molar-refractivity contribution in [1.29, 1.82) is 0 Å². The summed E-state index contributed by atoms with van der Waals surface area (Å²) in [5.74, 6) is -0.358. The highest BCUT2D eigenvalue weighted by atomic mass is 16.5. The van der Waals surface area contributed by atoms with Crippen LogP contribution in [0.5, 0.6) is 0 Å². The quantitative estimate of drug-likeness (QED) is 0.646. The van der Waals surface area contributed by atoms with Gasteiger partial charge >= 0.3 is 0 Å². The lowest BCUT2D eigenvalue weighted by Gasteiger charge is -2.51. The Morgan fingerprint density at radius 2 is 1.75 bits per heavy atom. The number of hydrogen-bond acceptors (Lipinski definition) is 4. The first-order chi connectivity index (χ1) is 7.19. The second-order valence-corrected chi connectivity index (χ2v) is 5.77. The summed E-state index contributed by atoms with van der Waals surface area (Å²) >= 11 is 0. The number of nitrogens with one attached hydrogen (secondary N) is 1. The predicted octanol–water partition coefficient (Wildman–Crippen LogP) is 0.506. The number of hydrogen-bond donors (Lipinski definition) is 3. The number of carbonyl (C=O) groups is 1. The fourth-order valence-corrected chi connectivity index (χ4v) is 2.65. The van der Waals surface area contributed by atoms with E-state index in [-0.39, 0.29) is 23.0 Å². The smallest absolute Gasteiger partial charge is 0.245 e. The normalized spacial score (nSPS) is 25.4. The molecule has 1 fully saturated rings. The van der Waals surface area contributed by atoms with Crippen LogP contribution < -0.4 is 5.32 Å². The van der Waals surface area contributed by atoms with E-state index in [4.69, 9.17) is 5.11 Å². The lowest BCUT2D eigenvalue weighted by Crippen LogP contribution is -2.63. The average Bonchev–Trinajstić information content (AvgIpc) is 2.13. The van der Waals surface area contributed by atoms with E-state index in [1.54, 1.807) is 0 Å². The van der Waals surface area contributed by atoms with Gasteiger partial charge in [-0.05, 0) is 40.5 Å². The van der Waals surface area contributed by atoms with E-state index in [2.05, 4.69) is 5.32 Å². The minimum Gasteiger partial charge on any atom is -0.387 e. The molecule has 0 aliphatic carbocycles. The molecule has 1 saturated heterocycles. The third kappa shape index (κ3) is 2.72. The summed E-state index contributed by atoms with van der Waals surface area (Å²) in [6.07, 6.45) is 1.33. The second kappa shape index (κ2) is 4.31. The highest BCUT2D eigenvalue weighted by Crippen LogP contribution is 2.36. The van der Waals surface area contributed by atoms with E-state index in [1.807, 2.05) is 27.7 Å². The van der Waals surface area contributed by atoms with Crippen LogP contribution in [0.2, 0.25) is 0 Å². The maximum Gasteiger partial charge on any atom is 0.245 e. The molecule has 3 N–H and O–H groups in total. The summed E-state index contributed by atoms with van der Waals surface area (Å²) < 4.78 is 0. The Bertz CT molecular complexity index is 258. The number of hydroxylamine groups is 2. The number of aliphatic hydroxyl groups excluding tert-OH is 1. The fourth-order valence-electron chi connectivity index (χ4n) is 2.65. The average molecular weight is 230 g/mol. The minimum atomic E-state index is -0.486. The molecule has 94 valence electrons. The van der Waals surface area contributed by atoms with Crippen molar-refractivity contribution in [3.63, 3.8) is 0 Å². The van der Waals surface area contributed by atoms with Crippen LogP contribution in [0.4, 0.5) is 0 Å². The van der Waals surface area contributed by atoms with Crippen molar-refractivity contribution in [2.45, 2.75) is 57.7 Å². The number of aliphatic hydroxyl groups is 1. The molecule has 1 rings (SSSR count). The molecule has 0 aromatic carbocycles. The summed E-state index contributed by atoms with van der Waals surface area (Å²) in [7, 11) is 0. The second-order valence-electron chi connectivity index (χ2n) is 5.77. The Kier molecular flexibility index (Phi) is 3.62. The maximum atomic E-state index is 11.1. The zero-order valence-corrected chi connectivity index (χ0v) is 10.4. The van der Waals surface area contributed by atoms with Crippen molar-refractivity contribution in [2.24, 2.45) is 0 Å². The Balaban J connectivity index is 2.75. The molecule has 0 bridgehead atoms. The summed E-state index contributed by atoms with van der Waals surface area (Å²) in [6, 6.07) is -0.00644. The van der Waals surface area contributed by atoms with E-state index in [1.165, 1.54) is 5.06 Å². The van der Waals surface area contributed by atoms with Gasteiger partial charge in [0.05, 0.1) is 0 Å². The van der Waals surface area contributed by atoms with Gasteiger partial charge in [-0.1, -0.05) is 0 Å². The molecular weight excluding hydrogens is 208 g/mol. The monoisotopic (exact) mass is 230 g/mol. The van der Waals surface area contributed by atoms with Gasteiger partial charge in [0, 0.05) is 17.1 Å². The van der Waals surface area contributed by atoms with Gasteiger partial charge in [-0.25, -0.2) is 0 Å². The highest BCUT2D eigenvalue weighted by molar-refractivity contribution is 5.77. The lowest BCUT2D eigenvalue weighted by molar-refractivity contribution is -0.246. The van der Waals surface area contributed by atoms with Crippen molar-refractivity contribution in [3.05, 3.63) is 0 Å². The van der Waals surface area contributed by atoms with Gasteiger partial charge in [0.2, 0.25) is 5.91 Å². The topological polar surface area (TPSA) is 72.8 Å².